The van der Waals surface area contributed by atoms with Crippen molar-refractivity contribution in [1.82, 2.24) is 14.9 Å². The quantitative estimate of drug-likeness (QED) is 0.774. The first-order valence-electron chi connectivity index (χ1n) is 4.49. The monoisotopic (exact) mass is 199 g/mol. The molecule has 0 aliphatic carbocycles. The van der Waals surface area contributed by atoms with Gasteiger partial charge in [0, 0.05) is 25.1 Å². The van der Waals surface area contributed by atoms with Crippen molar-refractivity contribution in [3.05, 3.63) is 11.1 Å². The van der Waals surface area contributed by atoms with Crippen molar-refractivity contribution in [1.29, 1.82) is 0 Å². The Bertz CT molecular complexity index is 234. The van der Waals surface area contributed by atoms with E-state index in [2.05, 4.69) is 14.9 Å². The van der Waals surface area contributed by atoms with Crippen LogP contribution < -0.4 is 5.32 Å². The average molecular weight is 199 g/mol. The largest absolute Gasteiger partial charge is 0.381 e. The normalized spacial score (nSPS) is 22.3. The van der Waals surface area contributed by atoms with Crippen LogP contribution in [0, 0.1) is 5.92 Å². The zero-order chi connectivity index (χ0) is 8.93. The summed E-state index contributed by atoms with van der Waals surface area (Å²) in [7, 11) is 0. The summed E-state index contributed by atoms with van der Waals surface area (Å²) in [6.45, 7) is 3.68. The van der Waals surface area contributed by atoms with E-state index in [1.807, 2.05) is 5.38 Å². The molecule has 13 heavy (non-hydrogen) atoms. The molecule has 2 heterocycles. The minimum absolute atomic E-state index is 0.687. The molecule has 1 aromatic heterocycles. The number of nitrogens with one attached hydrogen (secondary N) is 1. The Morgan fingerprint density at radius 2 is 2.69 bits per heavy atom. The SMILES string of the molecule is c1snnc1CNCC1CCOC1. The highest BCUT2D eigenvalue weighted by Crippen LogP contribution is 2.10. The fourth-order valence-electron chi connectivity index (χ4n) is 1.41. The van der Waals surface area contributed by atoms with Crippen molar-refractivity contribution in [2.24, 2.45) is 5.92 Å². The minimum Gasteiger partial charge on any atom is -0.381 e. The predicted octanol–water partition coefficient (Wildman–Crippen LogP) is 0.664. The second-order valence-electron chi connectivity index (χ2n) is 3.26. The first kappa shape index (κ1) is 9.05. The number of aromatic nitrogens is 2. The van der Waals surface area contributed by atoms with E-state index in [1.165, 1.54) is 18.0 Å². The van der Waals surface area contributed by atoms with Gasteiger partial charge in [-0.25, -0.2) is 0 Å². The highest BCUT2D eigenvalue weighted by atomic mass is 32.1. The van der Waals surface area contributed by atoms with Crippen molar-refractivity contribution in [3.8, 4) is 0 Å². The molecule has 0 aromatic carbocycles. The van der Waals surface area contributed by atoms with E-state index in [1.54, 1.807) is 0 Å². The molecule has 72 valence electrons. The van der Waals surface area contributed by atoms with Crippen molar-refractivity contribution in [3.63, 3.8) is 0 Å². The molecule has 0 spiro atoms. The Kier molecular flexibility index (Phi) is 3.23. The van der Waals surface area contributed by atoms with Gasteiger partial charge in [0.1, 0.15) is 0 Å². The molecule has 0 amide bonds. The molecule has 1 aliphatic rings. The summed E-state index contributed by atoms with van der Waals surface area (Å²) < 4.78 is 9.08. The lowest BCUT2D eigenvalue weighted by atomic mass is 10.1. The topological polar surface area (TPSA) is 47.0 Å². The van der Waals surface area contributed by atoms with E-state index >= 15 is 0 Å². The van der Waals surface area contributed by atoms with Gasteiger partial charge in [0.25, 0.3) is 0 Å². The molecule has 5 heteroatoms. The van der Waals surface area contributed by atoms with Crippen molar-refractivity contribution in [2.45, 2.75) is 13.0 Å². The van der Waals surface area contributed by atoms with E-state index in [9.17, 15) is 0 Å². The predicted molar refractivity (Wildman–Crippen MR) is 50.5 cm³/mol. The fourth-order valence-corrected chi connectivity index (χ4v) is 1.86. The summed E-state index contributed by atoms with van der Waals surface area (Å²) in [5, 5.41) is 9.28. The third-order valence-electron chi connectivity index (χ3n) is 2.17. The summed E-state index contributed by atoms with van der Waals surface area (Å²) in [6.07, 6.45) is 1.18. The molecule has 0 radical (unpaired) electrons. The fraction of sp³-hybridized carbons (Fsp3) is 0.750. The standard InChI is InChI=1S/C8H13N3OS/c1-2-12-5-7(1)3-9-4-8-6-13-11-10-8/h6-7,9H,1-5H2. The summed E-state index contributed by atoms with van der Waals surface area (Å²) in [5.74, 6) is 0.687. The van der Waals surface area contributed by atoms with E-state index in [0.29, 0.717) is 5.92 Å². The van der Waals surface area contributed by atoms with Crippen LogP contribution in [0.2, 0.25) is 0 Å². The Labute approximate surface area is 81.5 Å². The average Bonchev–Trinajstić information content (AvgIpc) is 2.75. The Balaban J connectivity index is 1.63. The second-order valence-corrected chi connectivity index (χ2v) is 3.87. The van der Waals surface area contributed by atoms with Gasteiger partial charge in [-0.05, 0) is 23.9 Å². The highest BCUT2D eigenvalue weighted by molar-refractivity contribution is 7.03. The molecule has 1 aromatic rings. The van der Waals surface area contributed by atoms with Crippen molar-refractivity contribution < 1.29 is 4.74 Å². The van der Waals surface area contributed by atoms with E-state index in [0.717, 1.165) is 32.0 Å². The first-order chi connectivity index (χ1) is 6.45. The zero-order valence-corrected chi connectivity index (χ0v) is 8.22. The Morgan fingerprint density at radius 3 is 3.38 bits per heavy atom. The summed E-state index contributed by atoms with van der Waals surface area (Å²) in [4.78, 5) is 0. The van der Waals surface area contributed by atoms with Crippen LogP contribution in [0.1, 0.15) is 12.1 Å². The number of hydrogen-bond acceptors (Lipinski definition) is 5. The van der Waals surface area contributed by atoms with Crippen LogP contribution in [0.25, 0.3) is 0 Å². The lowest BCUT2D eigenvalue weighted by Gasteiger charge is -2.07. The zero-order valence-electron chi connectivity index (χ0n) is 7.40. The van der Waals surface area contributed by atoms with Crippen molar-refractivity contribution >= 4 is 11.5 Å². The summed E-state index contributed by atoms with van der Waals surface area (Å²) >= 11 is 1.40. The molecule has 0 bridgehead atoms. The molecule has 1 saturated heterocycles. The van der Waals surface area contributed by atoms with Crippen LogP contribution in [-0.4, -0.2) is 29.3 Å². The first-order valence-corrected chi connectivity index (χ1v) is 5.33. The van der Waals surface area contributed by atoms with Gasteiger partial charge in [-0.2, -0.15) is 0 Å². The van der Waals surface area contributed by atoms with Crippen LogP contribution in [0.5, 0.6) is 0 Å². The summed E-state index contributed by atoms with van der Waals surface area (Å²) in [6, 6.07) is 0. The van der Waals surface area contributed by atoms with Gasteiger partial charge in [-0.15, -0.1) is 5.10 Å². The van der Waals surface area contributed by atoms with Gasteiger partial charge in [-0.1, -0.05) is 4.49 Å². The maximum absolute atomic E-state index is 5.28. The maximum Gasteiger partial charge on any atom is 0.0893 e. The third kappa shape index (κ3) is 2.72. The smallest absolute Gasteiger partial charge is 0.0893 e. The van der Waals surface area contributed by atoms with Crippen LogP contribution >= 0.6 is 11.5 Å². The lowest BCUT2D eigenvalue weighted by Crippen LogP contribution is -2.22. The molecular formula is C8H13N3OS. The van der Waals surface area contributed by atoms with Gasteiger partial charge in [0.15, 0.2) is 0 Å². The third-order valence-corrected chi connectivity index (χ3v) is 2.72. The molecule has 1 atom stereocenters. The van der Waals surface area contributed by atoms with Gasteiger partial charge in [0.05, 0.1) is 12.3 Å². The lowest BCUT2D eigenvalue weighted by molar-refractivity contribution is 0.185. The van der Waals surface area contributed by atoms with Crippen LogP contribution in [0.15, 0.2) is 5.38 Å². The minimum atomic E-state index is 0.687. The number of hydrogen-bond donors (Lipinski definition) is 1. The molecule has 1 unspecified atom stereocenters. The van der Waals surface area contributed by atoms with Crippen LogP contribution in [0.3, 0.4) is 0 Å². The molecule has 4 nitrogen and oxygen atoms in total. The number of rotatable bonds is 4. The molecule has 2 rings (SSSR count). The van der Waals surface area contributed by atoms with Gasteiger partial charge < -0.3 is 10.1 Å². The maximum atomic E-state index is 5.28. The van der Waals surface area contributed by atoms with E-state index < -0.39 is 0 Å². The van der Waals surface area contributed by atoms with Gasteiger partial charge in [0.2, 0.25) is 0 Å². The van der Waals surface area contributed by atoms with Gasteiger partial charge in [-0.3, -0.25) is 0 Å². The van der Waals surface area contributed by atoms with Crippen molar-refractivity contribution in [2.75, 3.05) is 19.8 Å². The molecule has 0 saturated carbocycles. The molecule has 1 aliphatic heterocycles. The van der Waals surface area contributed by atoms with Crippen LogP contribution in [0.4, 0.5) is 0 Å². The summed E-state index contributed by atoms with van der Waals surface area (Å²) in [5.41, 5.74) is 1.03. The van der Waals surface area contributed by atoms with E-state index in [4.69, 9.17) is 4.74 Å². The molecule has 1 N–H and O–H groups in total. The molecule has 1 fully saturated rings. The van der Waals surface area contributed by atoms with Gasteiger partial charge >= 0.3 is 0 Å². The number of ether oxygens (including phenoxy) is 1. The molecular weight excluding hydrogens is 186 g/mol. The Hall–Kier alpha value is -0.520. The highest BCUT2D eigenvalue weighted by Gasteiger charge is 2.14. The van der Waals surface area contributed by atoms with E-state index in [-0.39, 0.29) is 0 Å². The number of nitrogens with zero attached hydrogens (tertiary/aromatic N) is 2. The Morgan fingerprint density at radius 1 is 1.69 bits per heavy atom. The second kappa shape index (κ2) is 4.64. The van der Waals surface area contributed by atoms with Crippen LogP contribution in [-0.2, 0) is 11.3 Å².